The molecule has 0 amide bonds. The molecule has 2 unspecified atom stereocenters. The summed E-state index contributed by atoms with van der Waals surface area (Å²) in [7, 11) is 5.43. The van der Waals surface area contributed by atoms with Crippen LogP contribution < -0.4 is 10.1 Å². The predicted molar refractivity (Wildman–Crippen MR) is 114 cm³/mol. The molecule has 2 heterocycles. The minimum absolute atomic E-state index is 0.283. The Balaban J connectivity index is 1.70. The van der Waals surface area contributed by atoms with Crippen molar-refractivity contribution in [2.75, 3.05) is 60.6 Å². The molecular formula is C22H36N4O2. The summed E-state index contributed by atoms with van der Waals surface area (Å²) in [5, 5.41) is 3.66. The van der Waals surface area contributed by atoms with Gasteiger partial charge < -0.3 is 19.7 Å². The van der Waals surface area contributed by atoms with Crippen LogP contribution in [0.1, 0.15) is 37.3 Å². The second-order valence-electron chi connectivity index (χ2n) is 7.84. The van der Waals surface area contributed by atoms with Crippen molar-refractivity contribution < 1.29 is 9.47 Å². The lowest BCUT2D eigenvalue weighted by atomic mass is 10.0. The number of hydrogen-bond donors (Lipinski definition) is 1. The third-order valence-corrected chi connectivity index (χ3v) is 5.98. The maximum atomic E-state index is 5.68. The van der Waals surface area contributed by atoms with Gasteiger partial charge >= 0.3 is 0 Å². The molecule has 2 aliphatic rings. The lowest BCUT2D eigenvalue weighted by Crippen LogP contribution is -2.45. The van der Waals surface area contributed by atoms with Gasteiger partial charge in [-0.3, -0.25) is 9.89 Å². The van der Waals surface area contributed by atoms with Gasteiger partial charge in [0.2, 0.25) is 0 Å². The van der Waals surface area contributed by atoms with E-state index >= 15 is 0 Å². The van der Waals surface area contributed by atoms with Crippen LogP contribution in [0, 0.1) is 5.92 Å². The zero-order valence-electron chi connectivity index (χ0n) is 17.7. The SMILES string of the molecule is CN=C(NCC(c1ccccc1OC)N1CCCCC1)N1CCC(COC)C1. The second kappa shape index (κ2) is 10.7. The number of hydrogen-bond acceptors (Lipinski definition) is 4. The third-order valence-electron chi connectivity index (χ3n) is 5.98. The van der Waals surface area contributed by atoms with Gasteiger partial charge in [-0.2, -0.15) is 0 Å². The molecule has 0 aliphatic carbocycles. The van der Waals surface area contributed by atoms with Crippen molar-refractivity contribution in [2.24, 2.45) is 10.9 Å². The summed E-state index contributed by atoms with van der Waals surface area (Å²) in [6.45, 7) is 5.99. The topological polar surface area (TPSA) is 49.3 Å². The van der Waals surface area contributed by atoms with Crippen LogP contribution in [0.3, 0.4) is 0 Å². The molecule has 2 aliphatic heterocycles. The van der Waals surface area contributed by atoms with Gasteiger partial charge in [-0.25, -0.2) is 0 Å². The highest BCUT2D eigenvalue weighted by Crippen LogP contribution is 2.31. The van der Waals surface area contributed by atoms with E-state index < -0.39 is 0 Å². The van der Waals surface area contributed by atoms with Crippen LogP contribution in [-0.4, -0.2) is 76.4 Å². The molecule has 1 aromatic carbocycles. The first-order valence-electron chi connectivity index (χ1n) is 10.6. The predicted octanol–water partition coefficient (Wildman–Crippen LogP) is 2.77. The van der Waals surface area contributed by atoms with Crippen molar-refractivity contribution in [3.8, 4) is 5.75 Å². The highest BCUT2D eigenvalue weighted by molar-refractivity contribution is 5.80. The van der Waals surface area contributed by atoms with Gasteiger partial charge in [-0.05, 0) is 38.4 Å². The Bertz CT molecular complexity index is 631. The smallest absolute Gasteiger partial charge is 0.193 e. The van der Waals surface area contributed by atoms with E-state index in [-0.39, 0.29) is 6.04 Å². The number of benzene rings is 1. The lowest BCUT2D eigenvalue weighted by molar-refractivity contribution is 0.156. The average molecular weight is 389 g/mol. The monoisotopic (exact) mass is 388 g/mol. The maximum absolute atomic E-state index is 5.68. The number of guanidine groups is 1. The number of rotatable bonds is 7. The fraction of sp³-hybridized carbons (Fsp3) is 0.682. The number of para-hydroxylation sites is 1. The van der Waals surface area contributed by atoms with E-state index in [4.69, 9.17) is 9.47 Å². The Labute approximate surface area is 169 Å². The van der Waals surface area contributed by atoms with Gasteiger partial charge in [-0.1, -0.05) is 24.6 Å². The molecule has 0 saturated carbocycles. The molecule has 0 spiro atoms. The Hall–Kier alpha value is -1.79. The number of likely N-dealkylation sites (tertiary alicyclic amines) is 2. The zero-order valence-corrected chi connectivity index (χ0v) is 17.7. The summed E-state index contributed by atoms with van der Waals surface area (Å²) in [4.78, 5) is 9.52. The van der Waals surface area contributed by atoms with Crippen LogP contribution in [0.15, 0.2) is 29.3 Å². The van der Waals surface area contributed by atoms with Crippen molar-refractivity contribution in [1.29, 1.82) is 0 Å². The number of piperidine rings is 1. The van der Waals surface area contributed by atoms with Crippen molar-refractivity contribution in [3.63, 3.8) is 0 Å². The molecule has 0 aromatic heterocycles. The first kappa shape index (κ1) is 20.9. The Kier molecular flexibility index (Phi) is 7.98. The van der Waals surface area contributed by atoms with Gasteiger partial charge in [0.05, 0.1) is 19.8 Å². The molecule has 1 N–H and O–H groups in total. The molecule has 2 atom stereocenters. The van der Waals surface area contributed by atoms with E-state index in [9.17, 15) is 0 Å². The van der Waals surface area contributed by atoms with Crippen LogP contribution in [0.25, 0.3) is 0 Å². The van der Waals surface area contributed by atoms with E-state index in [0.717, 1.165) is 57.5 Å². The van der Waals surface area contributed by atoms with E-state index in [0.29, 0.717) is 5.92 Å². The van der Waals surface area contributed by atoms with Crippen LogP contribution in [-0.2, 0) is 4.74 Å². The number of aliphatic imine (C=N–C) groups is 1. The standard InChI is InChI=1S/C22H36N4O2/c1-23-22(26-14-11-18(16-26)17-27-2)24-15-20(25-12-7-4-8-13-25)19-9-5-6-10-21(19)28-3/h5-6,9-10,18,20H,4,7-8,11-17H2,1-3H3,(H,23,24). The summed E-state index contributed by atoms with van der Waals surface area (Å²) >= 11 is 0. The molecule has 0 radical (unpaired) electrons. The number of methoxy groups -OCH3 is 2. The van der Waals surface area contributed by atoms with Crippen LogP contribution in [0.4, 0.5) is 0 Å². The summed E-state index contributed by atoms with van der Waals surface area (Å²) in [6, 6.07) is 8.71. The molecule has 2 saturated heterocycles. The minimum Gasteiger partial charge on any atom is -0.496 e. The van der Waals surface area contributed by atoms with Crippen molar-refractivity contribution in [3.05, 3.63) is 29.8 Å². The number of ether oxygens (including phenoxy) is 2. The van der Waals surface area contributed by atoms with Gasteiger partial charge in [0.25, 0.3) is 0 Å². The maximum Gasteiger partial charge on any atom is 0.193 e. The highest BCUT2D eigenvalue weighted by atomic mass is 16.5. The second-order valence-corrected chi connectivity index (χ2v) is 7.84. The van der Waals surface area contributed by atoms with Gasteiger partial charge in [-0.15, -0.1) is 0 Å². The zero-order chi connectivity index (χ0) is 19.8. The van der Waals surface area contributed by atoms with Crippen LogP contribution >= 0.6 is 0 Å². The van der Waals surface area contributed by atoms with E-state index in [1.165, 1.54) is 24.8 Å². The minimum atomic E-state index is 0.283. The van der Waals surface area contributed by atoms with Gasteiger partial charge in [0, 0.05) is 45.3 Å². The highest BCUT2D eigenvalue weighted by Gasteiger charge is 2.28. The summed E-state index contributed by atoms with van der Waals surface area (Å²) in [6.07, 6.45) is 5.03. The first-order valence-corrected chi connectivity index (χ1v) is 10.6. The molecule has 2 fully saturated rings. The molecule has 6 heteroatoms. The largest absolute Gasteiger partial charge is 0.496 e. The fourth-order valence-electron chi connectivity index (χ4n) is 4.52. The summed E-state index contributed by atoms with van der Waals surface area (Å²) < 4.78 is 11.0. The van der Waals surface area contributed by atoms with Crippen molar-refractivity contribution in [1.82, 2.24) is 15.1 Å². The Morgan fingerprint density at radius 2 is 1.96 bits per heavy atom. The Morgan fingerprint density at radius 3 is 2.68 bits per heavy atom. The van der Waals surface area contributed by atoms with E-state index in [2.05, 4.69) is 38.3 Å². The molecule has 6 nitrogen and oxygen atoms in total. The van der Waals surface area contributed by atoms with Crippen LogP contribution in [0.5, 0.6) is 5.75 Å². The quantitative estimate of drug-likeness (QED) is 0.575. The van der Waals surface area contributed by atoms with Crippen LogP contribution in [0.2, 0.25) is 0 Å². The molecular weight excluding hydrogens is 352 g/mol. The fourth-order valence-corrected chi connectivity index (χ4v) is 4.52. The van der Waals surface area contributed by atoms with E-state index in [1.807, 2.05) is 13.1 Å². The van der Waals surface area contributed by atoms with Gasteiger partial charge in [0.1, 0.15) is 5.75 Å². The molecule has 156 valence electrons. The van der Waals surface area contributed by atoms with E-state index in [1.54, 1.807) is 14.2 Å². The molecule has 0 bridgehead atoms. The summed E-state index contributed by atoms with van der Waals surface area (Å²) in [5.41, 5.74) is 1.26. The molecule has 28 heavy (non-hydrogen) atoms. The Morgan fingerprint density at radius 1 is 1.18 bits per heavy atom. The first-order chi connectivity index (χ1) is 13.8. The normalized spacial score (nSPS) is 22.3. The number of nitrogens with one attached hydrogen (secondary N) is 1. The third kappa shape index (κ3) is 5.17. The van der Waals surface area contributed by atoms with Crippen molar-refractivity contribution in [2.45, 2.75) is 31.7 Å². The van der Waals surface area contributed by atoms with Crippen molar-refractivity contribution >= 4 is 5.96 Å². The summed E-state index contributed by atoms with van der Waals surface area (Å²) in [5.74, 6) is 2.56. The molecule has 3 rings (SSSR count). The average Bonchev–Trinajstić information content (AvgIpc) is 3.21. The van der Waals surface area contributed by atoms with Gasteiger partial charge in [0.15, 0.2) is 5.96 Å². The molecule has 1 aromatic rings. The lowest BCUT2D eigenvalue weighted by Gasteiger charge is -2.36. The number of nitrogens with zero attached hydrogens (tertiary/aromatic N) is 3.